The fourth-order valence-electron chi connectivity index (χ4n) is 0.864. The predicted molar refractivity (Wildman–Crippen MR) is 51.3 cm³/mol. The monoisotopic (exact) mass is 317 g/mol. The van der Waals surface area contributed by atoms with Gasteiger partial charge in [0, 0.05) is 14.6 Å². The van der Waals surface area contributed by atoms with Crippen molar-refractivity contribution in [3.63, 3.8) is 0 Å². The van der Waals surface area contributed by atoms with Crippen molar-refractivity contribution in [1.29, 1.82) is 0 Å². The van der Waals surface area contributed by atoms with E-state index in [1.165, 1.54) is 12.1 Å². The number of halogens is 5. The van der Waals surface area contributed by atoms with Gasteiger partial charge in [0.15, 0.2) is 0 Å². The molecule has 0 unspecified atom stereocenters. The Kier molecular flexibility index (Phi) is 2.91. The third kappa shape index (κ3) is 2.37. The van der Waals surface area contributed by atoms with Gasteiger partial charge < -0.3 is 5.73 Å². The molecule has 13 heavy (non-hydrogen) atoms. The molecule has 0 fully saturated rings. The van der Waals surface area contributed by atoms with Crippen molar-refractivity contribution >= 4 is 37.5 Å². The maximum absolute atomic E-state index is 12.3. The highest BCUT2D eigenvalue weighted by Gasteiger charge is 2.35. The van der Waals surface area contributed by atoms with Gasteiger partial charge in [0.05, 0.1) is 5.56 Å². The van der Waals surface area contributed by atoms with E-state index in [1.807, 2.05) is 0 Å². The van der Waals surface area contributed by atoms with Crippen LogP contribution in [0.3, 0.4) is 0 Å². The summed E-state index contributed by atoms with van der Waals surface area (Å²) in [6.07, 6.45) is -4.38. The number of rotatable bonds is 0. The zero-order valence-corrected chi connectivity index (χ0v) is 9.29. The molecule has 0 bridgehead atoms. The van der Waals surface area contributed by atoms with Gasteiger partial charge in [-0.2, -0.15) is 13.2 Å². The summed E-state index contributed by atoms with van der Waals surface area (Å²) in [5, 5.41) is 0. The molecule has 0 aliphatic carbocycles. The van der Waals surface area contributed by atoms with E-state index in [2.05, 4.69) is 31.9 Å². The lowest BCUT2D eigenvalue weighted by atomic mass is 10.2. The van der Waals surface area contributed by atoms with Crippen LogP contribution in [0.1, 0.15) is 5.56 Å². The molecule has 0 amide bonds. The topological polar surface area (TPSA) is 26.0 Å². The predicted octanol–water partition coefficient (Wildman–Crippen LogP) is 3.81. The van der Waals surface area contributed by atoms with Crippen LogP contribution in [-0.2, 0) is 6.18 Å². The molecule has 0 heterocycles. The molecular weight excluding hydrogens is 315 g/mol. The molecule has 0 saturated heterocycles. The Hall–Kier alpha value is -0.230. The van der Waals surface area contributed by atoms with Crippen LogP contribution in [0.4, 0.5) is 18.9 Å². The summed E-state index contributed by atoms with van der Waals surface area (Å²) in [4.78, 5) is 0. The Balaban J connectivity index is 3.38. The summed E-state index contributed by atoms with van der Waals surface area (Å²) in [6.45, 7) is 0. The number of alkyl halides is 3. The molecule has 0 saturated carbocycles. The second-order valence-corrected chi connectivity index (χ2v) is 4.07. The first kappa shape index (κ1) is 10.8. The first-order valence-electron chi connectivity index (χ1n) is 3.14. The van der Waals surface area contributed by atoms with Crippen LogP contribution in [0.2, 0.25) is 0 Å². The van der Waals surface area contributed by atoms with E-state index >= 15 is 0 Å². The summed E-state index contributed by atoms with van der Waals surface area (Å²) in [5.74, 6) is 0. The SMILES string of the molecule is Nc1cc(Br)c(C(F)(F)F)c(Br)c1. The Morgan fingerprint density at radius 1 is 1.08 bits per heavy atom. The molecule has 0 aromatic heterocycles. The zero-order chi connectivity index (χ0) is 10.2. The maximum atomic E-state index is 12.3. The van der Waals surface area contributed by atoms with E-state index < -0.39 is 11.7 Å². The highest BCUT2D eigenvalue weighted by Crippen LogP contribution is 2.40. The maximum Gasteiger partial charge on any atom is 0.418 e. The number of benzene rings is 1. The summed E-state index contributed by atoms with van der Waals surface area (Å²) < 4.78 is 36.9. The Morgan fingerprint density at radius 2 is 1.46 bits per heavy atom. The Morgan fingerprint density at radius 3 is 1.77 bits per heavy atom. The molecule has 1 rings (SSSR count). The minimum absolute atomic E-state index is 0.0631. The largest absolute Gasteiger partial charge is 0.418 e. The highest BCUT2D eigenvalue weighted by atomic mass is 79.9. The standard InChI is InChI=1S/C7H4Br2F3N/c8-4-1-3(13)2-5(9)6(4)7(10,11)12/h1-2H,13H2. The van der Waals surface area contributed by atoms with Crippen molar-refractivity contribution in [1.82, 2.24) is 0 Å². The summed E-state index contributed by atoms with van der Waals surface area (Å²) in [7, 11) is 0. The summed E-state index contributed by atoms with van der Waals surface area (Å²) >= 11 is 5.61. The molecule has 0 atom stereocenters. The fourth-order valence-corrected chi connectivity index (χ4v) is 2.54. The number of anilines is 1. The van der Waals surface area contributed by atoms with Gasteiger partial charge >= 0.3 is 6.18 Å². The van der Waals surface area contributed by atoms with Gasteiger partial charge in [-0.25, -0.2) is 0 Å². The molecule has 72 valence electrons. The molecule has 2 N–H and O–H groups in total. The van der Waals surface area contributed by atoms with E-state index in [0.29, 0.717) is 0 Å². The lowest BCUT2D eigenvalue weighted by Gasteiger charge is -2.11. The molecule has 0 aliphatic rings. The second-order valence-electron chi connectivity index (χ2n) is 2.36. The van der Waals surface area contributed by atoms with Crippen LogP contribution in [0.15, 0.2) is 21.1 Å². The van der Waals surface area contributed by atoms with Crippen molar-refractivity contribution in [2.45, 2.75) is 6.18 Å². The van der Waals surface area contributed by atoms with Crippen LogP contribution in [0.5, 0.6) is 0 Å². The molecule has 1 aromatic rings. The van der Waals surface area contributed by atoms with E-state index in [9.17, 15) is 13.2 Å². The van der Waals surface area contributed by atoms with Crippen molar-refractivity contribution in [3.05, 3.63) is 26.6 Å². The third-order valence-electron chi connectivity index (χ3n) is 1.35. The quantitative estimate of drug-likeness (QED) is 0.723. The average Bonchev–Trinajstić information content (AvgIpc) is 1.78. The van der Waals surface area contributed by atoms with Gasteiger partial charge in [-0.3, -0.25) is 0 Å². The van der Waals surface area contributed by atoms with Gasteiger partial charge in [0.2, 0.25) is 0 Å². The molecule has 0 radical (unpaired) electrons. The zero-order valence-electron chi connectivity index (χ0n) is 6.12. The Bertz CT molecular complexity index is 312. The van der Waals surface area contributed by atoms with Crippen molar-refractivity contribution in [2.75, 3.05) is 5.73 Å². The number of nitrogen functional groups attached to an aromatic ring is 1. The number of hydrogen-bond acceptors (Lipinski definition) is 1. The van der Waals surface area contributed by atoms with Gasteiger partial charge in [-0.1, -0.05) is 31.9 Å². The van der Waals surface area contributed by atoms with Crippen LogP contribution in [0.25, 0.3) is 0 Å². The summed E-state index contributed by atoms with van der Waals surface area (Å²) in [6, 6.07) is 2.43. The molecular formula is C7H4Br2F3N. The lowest BCUT2D eigenvalue weighted by Crippen LogP contribution is -2.07. The summed E-state index contributed by atoms with van der Waals surface area (Å²) in [5.41, 5.74) is 4.87. The van der Waals surface area contributed by atoms with E-state index in [1.54, 1.807) is 0 Å². The number of hydrogen-bond donors (Lipinski definition) is 1. The van der Waals surface area contributed by atoms with E-state index in [0.717, 1.165) is 0 Å². The fraction of sp³-hybridized carbons (Fsp3) is 0.143. The van der Waals surface area contributed by atoms with Crippen LogP contribution < -0.4 is 5.73 Å². The van der Waals surface area contributed by atoms with E-state index in [4.69, 9.17) is 5.73 Å². The van der Waals surface area contributed by atoms with Crippen molar-refractivity contribution in [3.8, 4) is 0 Å². The van der Waals surface area contributed by atoms with Gasteiger partial charge in [0.25, 0.3) is 0 Å². The van der Waals surface area contributed by atoms with Crippen LogP contribution in [0, 0.1) is 0 Å². The highest BCUT2D eigenvalue weighted by molar-refractivity contribution is 9.11. The van der Waals surface area contributed by atoms with Crippen molar-refractivity contribution in [2.24, 2.45) is 0 Å². The second kappa shape index (κ2) is 3.49. The van der Waals surface area contributed by atoms with Gasteiger partial charge in [-0.05, 0) is 12.1 Å². The van der Waals surface area contributed by atoms with Gasteiger partial charge in [0.1, 0.15) is 0 Å². The minimum Gasteiger partial charge on any atom is -0.399 e. The third-order valence-corrected chi connectivity index (χ3v) is 2.60. The van der Waals surface area contributed by atoms with Crippen molar-refractivity contribution < 1.29 is 13.2 Å². The molecule has 1 aromatic carbocycles. The molecule has 6 heteroatoms. The molecule has 0 aliphatic heterocycles. The number of nitrogens with two attached hydrogens (primary N) is 1. The van der Waals surface area contributed by atoms with E-state index in [-0.39, 0.29) is 14.6 Å². The van der Waals surface area contributed by atoms with Gasteiger partial charge in [-0.15, -0.1) is 0 Å². The Labute approximate surface area is 89.4 Å². The molecule has 1 nitrogen and oxygen atoms in total. The normalized spacial score (nSPS) is 11.8. The molecule has 0 spiro atoms. The lowest BCUT2D eigenvalue weighted by molar-refractivity contribution is -0.138. The van der Waals surface area contributed by atoms with Crippen LogP contribution >= 0.6 is 31.9 Å². The average molecular weight is 319 g/mol. The first-order chi connectivity index (χ1) is 5.82. The van der Waals surface area contributed by atoms with Crippen LogP contribution in [-0.4, -0.2) is 0 Å². The first-order valence-corrected chi connectivity index (χ1v) is 4.72. The smallest absolute Gasteiger partial charge is 0.399 e. The minimum atomic E-state index is -4.38.